The monoisotopic (exact) mass is 269 g/mol. The molecule has 0 aliphatic rings. The van der Waals surface area contributed by atoms with Crippen LogP contribution in [0.25, 0.3) is 0 Å². The molecule has 1 aromatic rings. The van der Waals surface area contributed by atoms with E-state index in [1.54, 1.807) is 0 Å². The van der Waals surface area contributed by atoms with E-state index in [4.69, 9.17) is 22.4 Å². The van der Waals surface area contributed by atoms with Gasteiger partial charge in [0.15, 0.2) is 0 Å². The lowest BCUT2D eigenvalue weighted by molar-refractivity contribution is 0.277. The Morgan fingerprint density at radius 1 is 1.75 bits per heavy atom. The lowest BCUT2D eigenvalue weighted by Crippen LogP contribution is -2.09. The van der Waals surface area contributed by atoms with Crippen LogP contribution < -0.4 is 5.73 Å². The summed E-state index contributed by atoms with van der Waals surface area (Å²) in [5.74, 6) is 0. The van der Waals surface area contributed by atoms with E-state index in [9.17, 15) is 0 Å². The molecule has 0 amide bonds. The van der Waals surface area contributed by atoms with E-state index in [1.807, 2.05) is 6.07 Å². The van der Waals surface area contributed by atoms with Gasteiger partial charge in [0.1, 0.15) is 4.34 Å². The van der Waals surface area contributed by atoms with E-state index in [0.717, 1.165) is 9.35 Å². The molecule has 5 heteroatoms. The number of nitrogens with two attached hydrogens (primary N) is 1. The molecule has 1 unspecified atom stereocenters. The van der Waals surface area contributed by atoms with E-state index in [-0.39, 0.29) is 12.6 Å². The Hall–Kier alpha value is 0.390. The number of halogens is 2. The van der Waals surface area contributed by atoms with Gasteiger partial charge < -0.3 is 10.8 Å². The van der Waals surface area contributed by atoms with Crippen LogP contribution in [0, 0.1) is 0 Å². The van der Waals surface area contributed by atoms with E-state index in [1.165, 1.54) is 11.3 Å². The van der Waals surface area contributed by atoms with E-state index in [2.05, 4.69) is 15.9 Å². The fourth-order valence-electron chi connectivity index (χ4n) is 0.827. The van der Waals surface area contributed by atoms with Gasteiger partial charge in [0.2, 0.25) is 0 Å². The van der Waals surface area contributed by atoms with Crippen molar-refractivity contribution in [1.29, 1.82) is 0 Å². The summed E-state index contributed by atoms with van der Waals surface area (Å²) in [6.07, 6.45) is 0.573. The first kappa shape index (κ1) is 10.5. The van der Waals surface area contributed by atoms with Gasteiger partial charge in [-0.2, -0.15) is 0 Å². The molecule has 0 spiro atoms. The topological polar surface area (TPSA) is 46.2 Å². The maximum absolute atomic E-state index is 8.65. The minimum absolute atomic E-state index is 0.105. The van der Waals surface area contributed by atoms with Crippen molar-refractivity contribution in [1.82, 2.24) is 0 Å². The van der Waals surface area contributed by atoms with Gasteiger partial charge in [0.25, 0.3) is 0 Å². The molecule has 1 aromatic heterocycles. The van der Waals surface area contributed by atoms with Gasteiger partial charge in [-0.1, -0.05) is 11.6 Å². The lowest BCUT2D eigenvalue weighted by atomic mass is 10.2. The van der Waals surface area contributed by atoms with Crippen molar-refractivity contribution in [3.63, 3.8) is 0 Å². The predicted molar refractivity (Wildman–Crippen MR) is 55.7 cm³/mol. The van der Waals surface area contributed by atoms with Crippen LogP contribution in [0.2, 0.25) is 4.34 Å². The number of rotatable bonds is 3. The van der Waals surface area contributed by atoms with E-state index >= 15 is 0 Å². The first-order valence-corrected chi connectivity index (χ1v) is 5.45. The summed E-state index contributed by atoms with van der Waals surface area (Å²) >= 11 is 10.6. The molecule has 0 saturated heterocycles. The zero-order valence-electron chi connectivity index (χ0n) is 6.26. The van der Waals surface area contributed by atoms with Gasteiger partial charge >= 0.3 is 0 Å². The SMILES string of the molecule is NC(CCO)c1cc(Br)c(Cl)s1. The highest BCUT2D eigenvalue weighted by molar-refractivity contribution is 9.10. The summed E-state index contributed by atoms with van der Waals surface area (Å²) in [4.78, 5) is 1.00. The van der Waals surface area contributed by atoms with Crippen LogP contribution in [0.4, 0.5) is 0 Å². The molecule has 0 aromatic carbocycles. The van der Waals surface area contributed by atoms with Crippen LogP contribution in [0.5, 0.6) is 0 Å². The highest BCUT2D eigenvalue weighted by Crippen LogP contribution is 2.35. The van der Waals surface area contributed by atoms with Gasteiger partial charge in [-0.25, -0.2) is 0 Å². The molecule has 1 atom stereocenters. The van der Waals surface area contributed by atoms with E-state index < -0.39 is 0 Å². The first-order valence-electron chi connectivity index (χ1n) is 3.46. The second kappa shape index (κ2) is 4.58. The minimum atomic E-state index is -0.108. The van der Waals surface area contributed by atoms with Gasteiger partial charge in [-0.05, 0) is 28.4 Å². The second-order valence-corrected chi connectivity index (χ2v) is 4.93. The highest BCUT2D eigenvalue weighted by atomic mass is 79.9. The number of hydrogen-bond acceptors (Lipinski definition) is 3. The molecular weight excluding hydrogens is 262 g/mol. The average molecular weight is 271 g/mol. The Bertz CT molecular complexity index is 246. The van der Waals surface area contributed by atoms with Crippen LogP contribution in [0.3, 0.4) is 0 Å². The van der Waals surface area contributed by atoms with Crippen molar-refractivity contribution in [2.45, 2.75) is 12.5 Å². The predicted octanol–water partition coefficient (Wildman–Crippen LogP) is 2.55. The molecule has 0 aliphatic carbocycles. The molecular formula is C7H9BrClNOS. The molecule has 68 valence electrons. The highest BCUT2D eigenvalue weighted by Gasteiger charge is 2.10. The number of aliphatic hydroxyl groups excluding tert-OH is 1. The quantitative estimate of drug-likeness (QED) is 0.887. The molecule has 1 rings (SSSR count). The maximum atomic E-state index is 8.65. The van der Waals surface area contributed by atoms with Crippen molar-refractivity contribution in [2.24, 2.45) is 5.73 Å². The van der Waals surface area contributed by atoms with E-state index in [0.29, 0.717) is 10.8 Å². The Kier molecular flexibility index (Phi) is 3.99. The van der Waals surface area contributed by atoms with Crippen LogP contribution in [0.1, 0.15) is 17.3 Å². The molecule has 0 radical (unpaired) electrons. The Morgan fingerprint density at radius 2 is 2.42 bits per heavy atom. The fourth-order valence-corrected chi connectivity index (χ4v) is 2.60. The van der Waals surface area contributed by atoms with Gasteiger partial charge in [-0.15, -0.1) is 11.3 Å². The summed E-state index contributed by atoms with van der Waals surface area (Å²) in [5, 5.41) is 8.65. The number of thiophene rings is 1. The largest absolute Gasteiger partial charge is 0.396 e. The van der Waals surface area contributed by atoms with Crippen LogP contribution in [-0.2, 0) is 0 Å². The lowest BCUT2D eigenvalue weighted by Gasteiger charge is -2.05. The van der Waals surface area contributed by atoms with Crippen LogP contribution in [0.15, 0.2) is 10.5 Å². The van der Waals surface area contributed by atoms with Crippen LogP contribution >= 0.6 is 38.9 Å². The summed E-state index contributed by atoms with van der Waals surface area (Å²) in [6.45, 7) is 0.105. The van der Waals surface area contributed by atoms with Crippen molar-refractivity contribution in [2.75, 3.05) is 6.61 Å². The smallest absolute Gasteiger partial charge is 0.107 e. The van der Waals surface area contributed by atoms with Gasteiger partial charge in [0.05, 0.1) is 0 Å². The second-order valence-electron chi connectivity index (χ2n) is 2.39. The summed E-state index contributed by atoms with van der Waals surface area (Å²) in [5.41, 5.74) is 5.76. The Labute approximate surface area is 88.5 Å². The average Bonchev–Trinajstić information content (AvgIpc) is 2.33. The zero-order chi connectivity index (χ0) is 9.14. The normalized spacial score (nSPS) is 13.3. The molecule has 3 N–H and O–H groups in total. The van der Waals surface area contributed by atoms with Crippen molar-refractivity contribution in [3.8, 4) is 0 Å². The summed E-state index contributed by atoms with van der Waals surface area (Å²) < 4.78 is 1.58. The Morgan fingerprint density at radius 3 is 2.83 bits per heavy atom. The summed E-state index contributed by atoms with van der Waals surface area (Å²) in [7, 11) is 0. The van der Waals surface area contributed by atoms with Crippen molar-refractivity contribution in [3.05, 3.63) is 19.8 Å². The molecule has 0 bridgehead atoms. The third-order valence-corrected chi connectivity index (χ3v) is 4.08. The van der Waals surface area contributed by atoms with Crippen molar-refractivity contribution >= 4 is 38.9 Å². The third kappa shape index (κ3) is 2.44. The third-order valence-electron chi connectivity index (χ3n) is 1.47. The molecule has 2 nitrogen and oxygen atoms in total. The number of hydrogen-bond donors (Lipinski definition) is 2. The molecule has 12 heavy (non-hydrogen) atoms. The maximum Gasteiger partial charge on any atom is 0.107 e. The Balaban J connectivity index is 2.74. The molecule has 0 saturated carbocycles. The summed E-state index contributed by atoms with van der Waals surface area (Å²) in [6, 6.07) is 1.79. The molecule has 0 fully saturated rings. The van der Waals surface area contributed by atoms with Gasteiger partial charge in [-0.3, -0.25) is 0 Å². The molecule has 1 heterocycles. The standard InChI is InChI=1S/C7H9BrClNOS/c8-4-3-6(12-7(4)9)5(10)1-2-11/h3,5,11H,1-2,10H2. The van der Waals surface area contributed by atoms with Crippen molar-refractivity contribution < 1.29 is 5.11 Å². The zero-order valence-corrected chi connectivity index (χ0v) is 9.42. The fraction of sp³-hybridized carbons (Fsp3) is 0.429. The van der Waals surface area contributed by atoms with Gasteiger partial charge in [0, 0.05) is 22.0 Å². The minimum Gasteiger partial charge on any atom is -0.396 e. The molecule has 0 aliphatic heterocycles. The number of aliphatic hydroxyl groups is 1. The van der Waals surface area contributed by atoms with Crippen LogP contribution in [-0.4, -0.2) is 11.7 Å². The first-order chi connectivity index (χ1) is 5.65.